The zero-order valence-corrected chi connectivity index (χ0v) is 9.58. The molecule has 0 radical (unpaired) electrons. The van der Waals surface area contributed by atoms with E-state index >= 15 is 0 Å². The number of aromatic nitrogens is 4. The molecule has 2 aromatic heterocycles. The fraction of sp³-hybridized carbons (Fsp3) is 0.273. The van der Waals surface area contributed by atoms with Gasteiger partial charge in [0, 0.05) is 17.5 Å². The molecular weight excluding hydrogens is 220 g/mol. The van der Waals surface area contributed by atoms with Crippen LogP contribution in [0.5, 0.6) is 0 Å². The molecule has 2 aromatic rings. The lowest BCUT2D eigenvalue weighted by Gasteiger charge is -2.08. The van der Waals surface area contributed by atoms with E-state index in [0.29, 0.717) is 5.82 Å². The molecule has 1 N–H and O–H groups in total. The Balaban J connectivity index is 2.52. The minimum atomic E-state index is -1.05. The van der Waals surface area contributed by atoms with Crippen molar-refractivity contribution in [3.63, 3.8) is 0 Å². The van der Waals surface area contributed by atoms with Crippen LogP contribution < -0.4 is 0 Å². The van der Waals surface area contributed by atoms with Crippen LogP contribution in [0.4, 0.5) is 0 Å². The topological polar surface area (TPSA) is 80.9 Å². The highest BCUT2D eigenvalue weighted by molar-refractivity contribution is 5.85. The van der Waals surface area contributed by atoms with E-state index in [1.54, 1.807) is 6.20 Å². The third kappa shape index (κ3) is 2.01. The van der Waals surface area contributed by atoms with Gasteiger partial charge in [0.25, 0.3) is 0 Å². The van der Waals surface area contributed by atoms with Gasteiger partial charge in [-0.1, -0.05) is 6.92 Å². The van der Waals surface area contributed by atoms with E-state index in [1.807, 2.05) is 13.8 Å². The Hall–Kier alpha value is -2.24. The summed E-state index contributed by atoms with van der Waals surface area (Å²) in [7, 11) is 0. The van der Waals surface area contributed by atoms with Crippen molar-refractivity contribution in [3.05, 3.63) is 35.5 Å². The number of rotatable bonds is 3. The van der Waals surface area contributed by atoms with Crippen LogP contribution in [-0.2, 0) is 6.42 Å². The molecule has 6 heteroatoms. The van der Waals surface area contributed by atoms with Gasteiger partial charge in [0.1, 0.15) is 6.33 Å². The summed E-state index contributed by atoms with van der Waals surface area (Å²) < 4.78 is 1.47. The minimum absolute atomic E-state index is 0.00307. The maximum Gasteiger partial charge on any atom is 0.356 e. The Labute approximate surface area is 98.0 Å². The van der Waals surface area contributed by atoms with Crippen LogP contribution in [0.1, 0.15) is 28.7 Å². The highest BCUT2D eigenvalue weighted by Crippen LogP contribution is 2.14. The van der Waals surface area contributed by atoms with Gasteiger partial charge in [0.05, 0.1) is 0 Å². The third-order valence-electron chi connectivity index (χ3n) is 2.52. The predicted octanol–water partition coefficient (Wildman–Crippen LogP) is 1.23. The Morgan fingerprint density at radius 3 is 2.82 bits per heavy atom. The fourth-order valence-corrected chi connectivity index (χ4v) is 1.66. The standard InChI is InChI=1S/C11H12N4O2/c1-3-8-7(2)12-6-13-10(8)15-5-4-9(14-15)11(16)17/h4-6H,3H2,1-2H3,(H,16,17). The average molecular weight is 232 g/mol. The Morgan fingerprint density at radius 2 is 2.24 bits per heavy atom. The molecule has 0 atom stereocenters. The fourth-order valence-electron chi connectivity index (χ4n) is 1.66. The molecule has 0 saturated carbocycles. The first-order valence-electron chi connectivity index (χ1n) is 5.23. The van der Waals surface area contributed by atoms with Gasteiger partial charge in [-0.15, -0.1) is 0 Å². The van der Waals surface area contributed by atoms with Gasteiger partial charge in [0.2, 0.25) is 0 Å². The Bertz CT molecular complexity index is 562. The number of nitrogens with zero attached hydrogens (tertiary/aromatic N) is 4. The molecule has 0 spiro atoms. The summed E-state index contributed by atoms with van der Waals surface area (Å²) in [6, 6.07) is 1.44. The number of carboxylic acids is 1. The zero-order chi connectivity index (χ0) is 12.4. The first-order chi connectivity index (χ1) is 8.13. The van der Waals surface area contributed by atoms with Crippen LogP contribution >= 0.6 is 0 Å². The molecule has 0 amide bonds. The first-order valence-corrected chi connectivity index (χ1v) is 5.23. The molecule has 88 valence electrons. The zero-order valence-electron chi connectivity index (χ0n) is 9.58. The van der Waals surface area contributed by atoms with Crippen molar-refractivity contribution in [2.75, 3.05) is 0 Å². The summed E-state index contributed by atoms with van der Waals surface area (Å²) in [4.78, 5) is 19.0. The second kappa shape index (κ2) is 4.32. The number of hydrogen-bond donors (Lipinski definition) is 1. The van der Waals surface area contributed by atoms with Crippen LogP contribution in [0.3, 0.4) is 0 Å². The molecule has 0 aliphatic rings. The van der Waals surface area contributed by atoms with Gasteiger partial charge in [-0.05, 0) is 19.4 Å². The number of carboxylic acid groups (broad SMARTS) is 1. The summed E-state index contributed by atoms with van der Waals surface area (Å²) >= 11 is 0. The molecule has 2 rings (SSSR count). The summed E-state index contributed by atoms with van der Waals surface area (Å²) in [6.07, 6.45) is 3.81. The third-order valence-corrected chi connectivity index (χ3v) is 2.52. The van der Waals surface area contributed by atoms with Gasteiger partial charge in [0.15, 0.2) is 11.5 Å². The Morgan fingerprint density at radius 1 is 1.47 bits per heavy atom. The number of aromatic carboxylic acids is 1. The molecule has 6 nitrogen and oxygen atoms in total. The van der Waals surface area contributed by atoms with Gasteiger partial charge < -0.3 is 5.11 Å². The minimum Gasteiger partial charge on any atom is -0.476 e. The maximum atomic E-state index is 10.8. The van der Waals surface area contributed by atoms with Crippen molar-refractivity contribution in [2.45, 2.75) is 20.3 Å². The molecule has 0 bridgehead atoms. The van der Waals surface area contributed by atoms with E-state index in [9.17, 15) is 4.79 Å². The van der Waals surface area contributed by atoms with E-state index in [4.69, 9.17) is 5.11 Å². The molecule has 17 heavy (non-hydrogen) atoms. The van der Waals surface area contributed by atoms with E-state index in [0.717, 1.165) is 17.7 Å². The van der Waals surface area contributed by atoms with Crippen molar-refractivity contribution in [1.29, 1.82) is 0 Å². The molecule has 2 heterocycles. The van der Waals surface area contributed by atoms with Crippen LogP contribution in [0.25, 0.3) is 5.82 Å². The maximum absolute atomic E-state index is 10.8. The Kier molecular flexibility index (Phi) is 2.86. The molecule has 0 fully saturated rings. The summed E-state index contributed by atoms with van der Waals surface area (Å²) in [6.45, 7) is 3.89. The van der Waals surface area contributed by atoms with Gasteiger partial charge in [-0.25, -0.2) is 19.4 Å². The smallest absolute Gasteiger partial charge is 0.356 e. The second-order valence-corrected chi connectivity index (χ2v) is 3.57. The van der Waals surface area contributed by atoms with Crippen molar-refractivity contribution in [1.82, 2.24) is 19.7 Å². The number of hydrogen-bond acceptors (Lipinski definition) is 4. The van der Waals surface area contributed by atoms with Crippen LogP contribution in [0, 0.1) is 6.92 Å². The van der Waals surface area contributed by atoms with Crippen molar-refractivity contribution in [3.8, 4) is 5.82 Å². The highest BCUT2D eigenvalue weighted by atomic mass is 16.4. The van der Waals surface area contributed by atoms with Crippen LogP contribution in [0.15, 0.2) is 18.6 Å². The largest absolute Gasteiger partial charge is 0.476 e. The summed E-state index contributed by atoms with van der Waals surface area (Å²) in [5.74, 6) is -0.417. The number of aryl methyl sites for hydroxylation is 1. The monoisotopic (exact) mass is 232 g/mol. The SMILES string of the molecule is CCc1c(C)ncnc1-n1ccc(C(=O)O)n1. The van der Waals surface area contributed by atoms with Gasteiger partial charge in [-0.2, -0.15) is 5.10 Å². The van der Waals surface area contributed by atoms with Crippen molar-refractivity contribution >= 4 is 5.97 Å². The quantitative estimate of drug-likeness (QED) is 0.860. The lowest BCUT2D eigenvalue weighted by atomic mass is 10.2. The average Bonchev–Trinajstić information content (AvgIpc) is 2.77. The second-order valence-electron chi connectivity index (χ2n) is 3.57. The van der Waals surface area contributed by atoms with E-state index in [1.165, 1.54) is 17.1 Å². The van der Waals surface area contributed by atoms with Crippen molar-refractivity contribution in [2.24, 2.45) is 0 Å². The normalized spacial score (nSPS) is 10.5. The van der Waals surface area contributed by atoms with Gasteiger partial charge in [-0.3, -0.25) is 0 Å². The lowest BCUT2D eigenvalue weighted by molar-refractivity contribution is 0.0690. The summed E-state index contributed by atoms with van der Waals surface area (Å²) in [5.41, 5.74) is 1.85. The molecule has 0 aliphatic heterocycles. The van der Waals surface area contributed by atoms with Crippen molar-refractivity contribution < 1.29 is 9.90 Å². The van der Waals surface area contributed by atoms with Gasteiger partial charge >= 0.3 is 5.97 Å². The predicted molar refractivity (Wildman–Crippen MR) is 60.2 cm³/mol. The molecule has 0 aromatic carbocycles. The molecular formula is C11H12N4O2. The lowest BCUT2D eigenvalue weighted by Crippen LogP contribution is -2.07. The van der Waals surface area contributed by atoms with Crippen LogP contribution in [0.2, 0.25) is 0 Å². The molecule has 0 saturated heterocycles. The van der Waals surface area contributed by atoms with E-state index in [-0.39, 0.29) is 5.69 Å². The number of carbonyl (C=O) groups is 1. The van der Waals surface area contributed by atoms with E-state index < -0.39 is 5.97 Å². The highest BCUT2D eigenvalue weighted by Gasteiger charge is 2.12. The first kappa shape index (κ1) is 11.3. The molecule has 0 unspecified atom stereocenters. The molecule has 0 aliphatic carbocycles. The van der Waals surface area contributed by atoms with Crippen LogP contribution in [-0.4, -0.2) is 30.8 Å². The van der Waals surface area contributed by atoms with E-state index in [2.05, 4.69) is 15.1 Å². The summed E-state index contributed by atoms with van der Waals surface area (Å²) in [5, 5.41) is 12.8.